The zero-order valence-corrected chi connectivity index (χ0v) is 16.3. The van der Waals surface area contributed by atoms with Gasteiger partial charge in [0.05, 0.1) is 19.1 Å². The van der Waals surface area contributed by atoms with E-state index < -0.39 is 35.5 Å². The summed E-state index contributed by atoms with van der Waals surface area (Å²) in [5, 5.41) is 2.33. The number of ether oxygens (including phenoxy) is 2. The van der Waals surface area contributed by atoms with Crippen LogP contribution in [0, 0.1) is 5.82 Å². The molecule has 0 aliphatic heterocycles. The zero-order valence-electron chi connectivity index (χ0n) is 16.3. The molecule has 0 fully saturated rings. The third kappa shape index (κ3) is 7.18. The fourth-order valence-corrected chi connectivity index (χ4v) is 2.37. The number of aromatic amines is 1. The van der Waals surface area contributed by atoms with E-state index in [-0.39, 0.29) is 22.9 Å². The second-order valence-corrected chi connectivity index (χ2v) is 6.00. The van der Waals surface area contributed by atoms with Crippen molar-refractivity contribution in [1.29, 1.82) is 0 Å². The van der Waals surface area contributed by atoms with Gasteiger partial charge >= 0.3 is 6.18 Å². The van der Waals surface area contributed by atoms with Gasteiger partial charge in [0.1, 0.15) is 11.5 Å². The van der Waals surface area contributed by atoms with E-state index in [0.717, 1.165) is 18.2 Å². The van der Waals surface area contributed by atoms with Gasteiger partial charge in [-0.2, -0.15) is 13.2 Å². The lowest BCUT2D eigenvalue weighted by molar-refractivity contribution is -0.125. The Morgan fingerprint density at radius 3 is 2.58 bits per heavy atom. The summed E-state index contributed by atoms with van der Waals surface area (Å²) in [6.07, 6.45) is -1.80. The molecule has 0 spiro atoms. The molecule has 1 aromatic carbocycles. The van der Waals surface area contributed by atoms with Gasteiger partial charge in [0, 0.05) is 24.0 Å². The summed E-state index contributed by atoms with van der Waals surface area (Å²) in [4.78, 5) is 26.4. The lowest BCUT2D eigenvalue weighted by atomic mass is 10.1. The van der Waals surface area contributed by atoms with Crippen LogP contribution in [0.4, 0.5) is 23.2 Å². The highest BCUT2D eigenvalue weighted by atomic mass is 19.4. The molecule has 0 aliphatic rings. The maximum absolute atomic E-state index is 14.0. The number of hydrogen-bond donors (Lipinski definition) is 2. The molecule has 0 unspecified atom stereocenters. The van der Waals surface area contributed by atoms with E-state index in [1.165, 1.54) is 37.6 Å². The van der Waals surface area contributed by atoms with Gasteiger partial charge in [-0.15, -0.1) is 0 Å². The first-order valence-corrected chi connectivity index (χ1v) is 8.74. The van der Waals surface area contributed by atoms with Crippen molar-refractivity contribution in [2.75, 3.05) is 12.4 Å². The third-order valence-electron chi connectivity index (χ3n) is 3.70. The normalized spacial score (nSPS) is 12.3. The van der Waals surface area contributed by atoms with Crippen molar-refractivity contribution in [2.24, 2.45) is 0 Å². The number of hydrogen-bond acceptors (Lipinski definition) is 4. The molecule has 1 heterocycles. The summed E-state index contributed by atoms with van der Waals surface area (Å²) in [5.41, 5.74) is -0.959. The topological polar surface area (TPSA) is 80.4 Å². The van der Waals surface area contributed by atoms with Crippen molar-refractivity contribution < 1.29 is 31.8 Å². The number of pyridine rings is 1. The second kappa shape index (κ2) is 10.3. The van der Waals surface area contributed by atoms with Gasteiger partial charge in [-0.3, -0.25) is 9.59 Å². The van der Waals surface area contributed by atoms with Crippen molar-refractivity contribution in [3.8, 4) is 11.5 Å². The Morgan fingerprint density at radius 1 is 1.26 bits per heavy atom. The Morgan fingerprint density at radius 2 is 2.00 bits per heavy atom. The summed E-state index contributed by atoms with van der Waals surface area (Å²) in [6.45, 7) is 3.46. The molecule has 0 saturated carbocycles. The van der Waals surface area contributed by atoms with Crippen LogP contribution < -0.4 is 20.3 Å². The Bertz CT molecular complexity index is 1070. The molecule has 6 nitrogen and oxygen atoms in total. The highest BCUT2D eigenvalue weighted by Crippen LogP contribution is 2.28. The number of alkyl halides is 3. The molecule has 0 bridgehead atoms. The molecule has 2 N–H and O–H groups in total. The number of amides is 1. The second-order valence-electron chi connectivity index (χ2n) is 6.00. The molecule has 0 atom stereocenters. The van der Waals surface area contributed by atoms with E-state index in [1.54, 1.807) is 0 Å². The highest BCUT2D eigenvalue weighted by molar-refractivity contribution is 6.06. The highest BCUT2D eigenvalue weighted by Gasteiger charge is 2.27. The summed E-state index contributed by atoms with van der Waals surface area (Å²) >= 11 is 0. The molecular weight excluding hydrogens is 420 g/mol. The first-order valence-electron chi connectivity index (χ1n) is 8.74. The first-order chi connectivity index (χ1) is 14.6. The van der Waals surface area contributed by atoms with Crippen LogP contribution in [0.5, 0.6) is 11.5 Å². The van der Waals surface area contributed by atoms with E-state index >= 15 is 0 Å². The van der Waals surface area contributed by atoms with Crippen molar-refractivity contribution >= 4 is 11.6 Å². The van der Waals surface area contributed by atoms with Crippen LogP contribution in [0.3, 0.4) is 0 Å². The first kappa shape index (κ1) is 23.5. The van der Waals surface area contributed by atoms with Crippen LogP contribution in [0.2, 0.25) is 0 Å². The molecular formula is C21H18F4N2O4. The van der Waals surface area contributed by atoms with Crippen LogP contribution in [0.1, 0.15) is 6.42 Å². The van der Waals surface area contributed by atoms with E-state index in [0.29, 0.717) is 6.08 Å². The Hall–Kier alpha value is -3.82. The maximum Gasteiger partial charge on any atom is 0.392 e. The molecule has 0 aliphatic carbocycles. The minimum Gasteiger partial charge on any atom is -0.494 e. The smallest absolute Gasteiger partial charge is 0.392 e. The number of methoxy groups -OCH3 is 1. The molecule has 1 amide bonds. The molecule has 2 aromatic rings. The van der Waals surface area contributed by atoms with Crippen LogP contribution in [-0.4, -0.2) is 24.2 Å². The van der Waals surface area contributed by atoms with E-state index in [4.69, 9.17) is 9.47 Å². The molecule has 31 heavy (non-hydrogen) atoms. The van der Waals surface area contributed by atoms with Crippen molar-refractivity contribution in [2.45, 2.75) is 12.6 Å². The summed E-state index contributed by atoms with van der Waals surface area (Å²) in [5.74, 6) is -2.22. The van der Waals surface area contributed by atoms with Gasteiger partial charge in [0.2, 0.25) is 5.56 Å². The summed E-state index contributed by atoms with van der Waals surface area (Å²) in [7, 11) is 1.26. The maximum atomic E-state index is 14.0. The van der Waals surface area contributed by atoms with Crippen molar-refractivity contribution in [3.63, 3.8) is 0 Å². The van der Waals surface area contributed by atoms with E-state index in [2.05, 4.69) is 16.9 Å². The van der Waals surface area contributed by atoms with Crippen molar-refractivity contribution in [1.82, 2.24) is 4.98 Å². The lowest BCUT2D eigenvalue weighted by Crippen LogP contribution is -2.20. The number of carbonyl (C=O) groups is 1. The van der Waals surface area contributed by atoms with Gasteiger partial charge in [-0.05, 0) is 24.3 Å². The number of benzene rings is 1. The van der Waals surface area contributed by atoms with Crippen LogP contribution in [0.15, 0.2) is 77.5 Å². The van der Waals surface area contributed by atoms with Crippen LogP contribution in [0.25, 0.3) is 0 Å². The molecule has 2 rings (SSSR count). The number of rotatable bonds is 8. The fraction of sp³-hybridized carbons (Fsp3) is 0.143. The van der Waals surface area contributed by atoms with Crippen LogP contribution >= 0.6 is 0 Å². The van der Waals surface area contributed by atoms with Gasteiger partial charge in [0.15, 0.2) is 11.6 Å². The number of carbonyl (C=O) groups excluding carboxylic acids is 1. The number of aromatic nitrogens is 1. The minimum absolute atomic E-state index is 0.0557. The van der Waals surface area contributed by atoms with Gasteiger partial charge in [0.25, 0.3) is 5.91 Å². The Kier molecular flexibility index (Phi) is 7.78. The van der Waals surface area contributed by atoms with Gasteiger partial charge < -0.3 is 19.8 Å². The van der Waals surface area contributed by atoms with Gasteiger partial charge in [-0.25, -0.2) is 4.39 Å². The number of allylic oxidation sites excluding steroid dienone is 3. The number of H-pyrrole nitrogens is 1. The minimum atomic E-state index is -4.60. The number of nitrogens with one attached hydrogen (secondary N) is 2. The quantitative estimate of drug-likeness (QED) is 0.276. The molecule has 10 heteroatoms. The predicted molar refractivity (Wildman–Crippen MR) is 106 cm³/mol. The third-order valence-corrected chi connectivity index (χ3v) is 3.70. The molecule has 164 valence electrons. The standard InChI is InChI=1S/C21H18F4N2O4/c1-3-4-17(31-14-5-6-18(30-2)16(22)12-14)15(7-9-21(23,24)25)20(29)27-13-8-10-26-19(28)11-13/h3-8,10-12H,1,9H2,2H3,(H2,26,27,28,29)/b15-7+,17-4+. The van der Waals surface area contributed by atoms with Crippen LogP contribution in [-0.2, 0) is 4.79 Å². The van der Waals surface area contributed by atoms with Crippen molar-refractivity contribution in [3.05, 3.63) is 88.8 Å². The Labute approximate surface area is 174 Å². The fourth-order valence-electron chi connectivity index (χ4n) is 2.37. The Balaban J connectivity index is 2.41. The summed E-state index contributed by atoms with van der Waals surface area (Å²) in [6, 6.07) is 5.92. The predicted octanol–water partition coefficient (Wildman–Crippen LogP) is 4.49. The largest absolute Gasteiger partial charge is 0.494 e. The molecule has 1 aromatic heterocycles. The monoisotopic (exact) mass is 438 g/mol. The zero-order chi connectivity index (χ0) is 23.0. The average molecular weight is 438 g/mol. The molecule has 0 saturated heterocycles. The number of halogens is 4. The van der Waals surface area contributed by atoms with E-state index in [9.17, 15) is 27.2 Å². The number of anilines is 1. The lowest BCUT2D eigenvalue weighted by Gasteiger charge is -2.15. The SMILES string of the molecule is C=C/C=C(Oc1ccc(OC)c(F)c1)\C(=C/CC(F)(F)F)C(=O)Nc1cc[nH]c(=O)c1. The average Bonchev–Trinajstić information content (AvgIpc) is 2.67. The van der Waals surface area contributed by atoms with E-state index in [1.807, 2.05) is 0 Å². The summed E-state index contributed by atoms with van der Waals surface area (Å²) < 4.78 is 62.6. The van der Waals surface area contributed by atoms with Gasteiger partial charge in [-0.1, -0.05) is 18.7 Å². The molecule has 0 radical (unpaired) electrons.